The molecule has 0 aromatic carbocycles. The lowest BCUT2D eigenvalue weighted by Crippen LogP contribution is -1.98. The van der Waals surface area contributed by atoms with Crippen LogP contribution in [0.5, 0.6) is 0 Å². The van der Waals surface area contributed by atoms with Crippen LogP contribution < -0.4 is 0 Å². The second-order valence-electron chi connectivity index (χ2n) is 3.95. The number of aliphatic hydroxyl groups is 1. The molecule has 0 saturated heterocycles. The minimum absolute atomic E-state index is 0.248. The van der Waals surface area contributed by atoms with Crippen molar-refractivity contribution in [1.29, 1.82) is 0 Å². The fraction of sp³-hybridized carbons (Fsp3) is 0.636. The quantitative estimate of drug-likeness (QED) is 0.784. The number of rotatable bonds is 4. The molecule has 0 aliphatic heterocycles. The van der Waals surface area contributed by atoms with Gasteiger partial charge in [0.25, 0.3) is 0 Å². The first-order chi connectivity index (χ1) is 6.11. The van der Waals surface area contributed by atoms with Crippen molar-refractivity contribution in [3.05, 3.63) is 21.9 Å². The van der Waals surface area contributed by atoms with Crippen LogP contribution >= 0.6 is 11.3 Å². The van der Waals surface area contributed by atoms with E-state index in [9.17, 15) is 5.11 Å². The highest BCUT2D eigenvalue weighted by Gasteiger charge is 2.11. The van der Waals surface area contributed by atoms with Crippen LogP contribution in [0.1, 0.15) is 43.2 Å². The summed E-state index contributed by atoms with van der Waals surface area (Å²) in [6.07, 6.45) is 1.74. The van der Waals surface area contributed by atoms with Crippen LogP contribution in [0.15, 0.2) is 11.4 Å². The third kappa shape index (κ3) is 3.12. The zero-order valence-corrected chi connectivity index (χ0v) is 9.40. The highest BCUT2D eigenvalue weighted by molar-refractivity contribution is 7.10. The Morgan fingerprint density at radius 3 is 2.54 bits per heavy atom. The smallest absolute Gasteiger partial charge is 0.0884 e. The molecule has 74 valence electrons. The van der Waals surface area contributed by atoms with Crippen LogP contribution in [-0.4, -0.2) is 5.11 Å². The van der Waals surface area contributed by atoms with E-state index < -0.39 is 0 Å². The van der Waals surface area contributed by atoms with Gasteiger partial charge < -0.3 is 5.11 Å². The molecule has 1 unspecified atom stereocenters. The Labute approximate surface area is 84.4 Å². The third-order valence-corrected chi connectivity index (χ3v) is 3.34. The molecule has 13 heavy (non-hydrogen) atoms. The SMILES string of the molecule is Cc1ccsc1C(O)CCC(C)C. The summed E-state index contributed by atoms with van der Waals surface area (Å²) in [6.45, 7) is 6.44. The Hall–Kier alpha value is -0.340. The fourth-order valence-electron chi connectivity index (χ4n) is 1.35. The summed E-state index contributed by atoms with van der Waals surface area (Å²) in [5.74, 6) is 0.676. The summed E-state index contributed by atoms with van der Waals surface area (Å²) in [6, 6.07) is 2.07. The first kappa shape index (κ1) is 10.7. The Balaban J connectivity index is 2.49. The predicted molar refractivity (Wildman–Crippen MR) is 58.1 cm³/mol. The topological polar surface area (TPSA) is 20.2 Å². The standard InChI is InChI=1S/C11H18OS/c1-8(2)4-5-10(12)11-9(3)6-7-13-11/h6-8,10,12H,4-5H2,1-3H3. The van der Waals surface area contributed by atoms with Crippen molar-refractivity contribution in [3.8, 4) is 0 Å². The summed E-state index contributed by atoms with van der Waals surface area (Å²) in [4.78, 5) is 1.14. The zero-order valence-electron chi connectivity index (χ0n) is 8.58. The van der Waals surface area contributed by atoms with Gasteiger partial charge in [0, 0.05) is 4.88 Å². The Morgan fingerprint density at radius 2 is 2.08 bits per heavy atom. The lowest BCUT2D eigenvalue weighted by Gasteiger charge is -2.11. The minimum atomic E-state index is -0.248. The van der Waals surface area contributed by atoms with E-state index in [4.69, 9.17) is 0 Å². The Kier molecular flexibility index (Phi) is 3.94. The number of thiophene rings is 1. The van der Waals surface area contributed by atoms with E-state index in [1.807, 2.05) is 5.38 Å². The predicted octanol–water partition coefficient (Wildman–Crippen LogP) is 3.53. The number of hydrogen-bond donors (Lipinski definition) is 1. The first-order valence-corrected chi connectivity index (χ1v) is 5.71. The lowest BCUT2D eigenvalue weighted by molar-refractivity contribution is 0.162. The molecule has 1 atom stereocenters. The largest absolute Gasteiger partial charge is 0.388 e. The highest BCUT2D eigenvalue weighted by atomic mass is 32.1. The molecule has 0 fully saturated rings. The van der Waals surface area contributed by atoms with Gasteiger partial charge in [0.1, 0.15) is 0 Å². The maximum atomic E-state index is 9.85. The summed E-state index contributed by atoms with van der Waals surface area (Å²) in [5, 5.41) is 11.9. The third-order valence-electron chi connectivity index (χ3n) is 2.22. The van der Waals surface area contributed by atoms with Crippen molar-refractivity contribution in [3.63, 3.8) is 0 Å². The van der Waals surface area contributed by atoms with Gasteiger partial charge >= 0.3 is 0 Å². The second kappa shape index (κ2) is 4.77. The van der Waals surface area contributed by atoms with Crippen LogP contribution in [0.2, 0.25) is 0 Å². The molecule has 0 amide bonds. The van der Waals surface area contributed by atoms with Gasteiger partial charge in [-0.1, -0.05) is 13.8 Å². The van der Waals surface area contributed by atoms with Crippen LogP contribution in [-0.2, 0) is 0 Å². The summed E-state index contributed by atoms with van der Waals surface area (Å²) >= 11 is 1.66. The van der Waals surface area contributed by atoms with Crippen molar-refractivity contribution < 1.29 is 5.11 Å². The molecule has 0 aliphatic rings. The highest BCUT2D eigenvalue weighted by Crippen LogP contribution is 2.27. The van der Waals surface area contributed by atoms with E-state index in [-0.39, 0.29) is 6.10 Å². The van der Waals surface area contributed by atoms with Crippen LogP contribution in [0.4, 0.5) is 0 Å². The van der Waals surface area contributed by atoms with Crippen LogP contribution in [0.25, 0.3) is 0 Å². The van der Waals surface area contributed by atoms with E-state index in [1.165, 1.54) is 5.56 Å². The molecule has 1 rings (SSSR count). The Morgan fingerprint density at radius 1 is 1.38 bits per heavy atom. The van der Waals surface area contributed by atoms with Gasteiger partial charge in [-0.25, -0.2) is 0 Å². The average molecular weight is 198 g/mol. The molecule has 0 bridgehead atoms. The molecular formula is C11H18OS. The van der Waals surface area contributed by atoms with Crippen molar-refractivity contribution in [2.24, 2.45) is 5.92 Å². The molecule has 1 heterocycles. The van der Waals surface area contributed by atoms with Gasteiger partial charge in [0.05, 0.1) is 6.10 Å². The summed E-state index contributed by atoms with van der Waals surface area (Å²) < 4.78 is 0. The van der Waals surface area contributed by atoms with E-state index in [0.717, 1.165) is 17.7 Å². The number of hydrogen-bond acceptors (Lipinski definition) is 2. The molecule has 0 spiro atoms. The second-order valence-corrected chi connectivity index (χ2v) is 4.90. The lowest BCUT2D eigenvalue weighted by atomic mass is 10.0. The Bertz CT molecular complexity index is 252. The van der Waals surface area contributed by atoms with E-state index in [2.05, 4.69) is 26.8 Å². The molecule has 1 nitrogen and oxygen atoms in total. The maximum absolute atomic E-state index is 9.85. The number of aryl methyl sites for hydroxylation is 1. The molecule has 1 N–H and O–H groups in total. The summed E-state index contributed by atoms with van der Waals surface area (Å²) in [5.41, 5.74) is 1.22. The molecule has 1 aromatic heterocycles. The minimum Gasteiger partial charge on any atom is -0.388 e. The van der Waals surface area contributed by atoms with Crippen LogP contribution in [0.3, 0.4) is 0 Å². The van der Waals surface area contributed by atoms with Crippen molar-refractivity contribution >= 4 is 11.3 Å². The van der Waals surface area contributed by atoms with Gasteiger partial charge in [-0.3, -0.25) is 0 Å². The van der Waals surface area contributed by atoms with Crippen molar-refractivity contribution in [1.82, 2.24) is 0 Å². The molecule has 0 radical (unpaired) electrons. The van der Waals surface area contributed by atoms with Crippen LogP contribution in [0, 0.1) is 12.8 Å². The van der Waals surface area contributed by atoms with E-state index in [0.29, 0.717) is 5.92 Å². The van der Waals surface area contributed by atoms with Crippen molar-refractivity contribution in [2.45, 2.75) is 39.7 Å². The average Bonchev–Trinajstić information content (AvgIpc) is 2.47. The van der Waals surface area contributed by atoms with Gasteiger partial charge in [-0.2, -0.15) is 0 Å². The first-order valence-electron chi connectivity index (χ1n) is 4.83. The number of aliphatic hydroxyl groups excluding tert-OH is 1. The molecule has 1 aromatic rings. The van der Waals surface area contributed by atoms with Crippen molar-refractivity contribution in [2.75, 3.05) is 0 Å². The van der Waals surface area contributed by atoms with Gasteiger partial charge in [0.2, 0.25) is 0 Å². The van der Waals surface area contributed by atoms with Gasteiger partial charge in [-0.05, 0) is 42.7 Å². The normalized spacial score (nSPS) is 13.6. The molecule has 2 heteroatoms. The monoisotopic (exact) mass is 198 g/mol. The van der Waals surface area contributed by atoms with E-state index >= 15 is 0 Å². The molecular weight excluding hydrogens is 180 g/mol. The molecule has 0 saturated carbocycles. The van der Waals surface area contributed by atoms with Gasteiger partial charge in [0.15, 0.2) is 0 Å². The fourth-order valence-corrected chi connectivity index (χ4v) is 2.30. The zero-order chi connectivity index (χ0) is 9.84. The molecule has 0 aliphatic carbocycles. The maximum Gasteiger partial charge on any atom is 0.0884 e. The summed E-state index contributed by atoms with van der Waals surface area (Å²) in [7, 11) is 0. The van der Waals surface area contributed by atoms with E-state index in [1.54, 1.807) is 11.3 Å². The van der Waals surface area contributed by atoms with Gasteiger partial charge in [-0.15, -0.1) is 11.3 Å².